The second-order valence-corrected chi connectivity index (χ2v) is 8.55. The molecule has 1 aliphatic carbocycles. The highest BCUT2D eigenvalue weighted by molar-refractivity contribution is 7.99. The van der Waals surface area contributed by atoms with Crippen molar-refractivity contribution in [3.8, 4) is 11.4 Å². The monoisotopic (exact) mass is 407 g/mol. The molecule has 0 saturated heterocycles. The molecule has 2 atom stereocenters. The molecule has 2 unspecified atom stereocenters. The number of aromatic nitrogens is 2. The van der Waals surface area contributed by atoms with Gasteiger partial charge in [0.2, 0.25) is 11.7 Å². The number of guanidine groups is 1. The Morgan fingerprint density at radius 2 is 2.30 bits per heavy atom. The first-order valence-electron chi connectivity index (χ1n) is 9.35. The van der Waals surface area contributed by atoms with Crippen LogP contribution in [0.4, 0.5) is 0 Å². The molecule has 2 N–H and O–H groups in total. The van der Waals surface area contributed by atoms with E-state index in [1.54, 1.807) is 7.05 Å². The Balaban J connectivity index is 1.52. The van der Waals surface area contributed by atoms with Crippen LogP contribution in [0.15, 0.2) is 33.8 Å². The number of thioether (sulfide) groups is 1. The second-order valence-electron chi connectivity index (χ2n) is 6.53. The first kappa shape index (κ1) is 20.0. The smallest absolute Gasteiger partial charge is 0.246 e. The molecule has 1 fully saturated rings. The van der Waals surface area contributed by atoms with Gasteiger partial charge >= 0.3 is 0 Å². The van der Waals surface area contributed by atoms with Crippen molar-refractivity contribution in [2.45, 2.75) is 50.4 Å². The molecule has 6 nitrogen and oxygen atoms in total. The van der Waals surface area contributed by atoms with Gasteiger partial charge in [-0.15, -0.1) is 0 Å². The van der Waals surface area contributed by atoms with Crippen molar-refractivity contribution in [1.29, 1.82) is 0 Å². The molecule has 146 valence electrons. The first-order valence-corrected chi connectivity index (χ1v) is 10.8. The highest BCUT2D eigenvalue weighted by Gasteiger charge is 2.22. The van der Waals surface area contributed by atoms with E-state index in [2.05, 4.69) is 44.5 Å². The van der Waals surface area contributed by atoms with Gasteiger partial charge in [-0.1, -0.05) is 42.2 Å². The molecule has 0 amide bonds. The molecule has 0 bridgehead atoms. The van der Waals surface area contributed by atoms with Crippen molar-refractivity contribution in [3.63, 3.8) is 0 Å². The highest BCUT2D eigenvalue weighted by atomic mass is 35.5. The summed E-state index contributed by atoms with van der Waals surface area (Å²) in [6.45, 7) is 2.65. The van der Waals surface area contributed by atoms with Crippen molar-refractivity contribution in [3.05, 3.63) is 35.2 Å². The van der Waals surface area contributed by atoms with E-state index in [1.165, 1.54) is 31.4 Å². The van der Waals surface area contributed by atoms with E-state index < -0.39 is 0 Å². The summed E-state index contributed by atoms with van der Waals surface area (Å²) >= 11 is 8.08. The summed E-state index contributed by atoms with van der Waals surface area (Å²) in [5.74, 6) is 2.99. The van der Waals surface area contributed by atoms with Crippen LogP contribution in [0.3, 0.4) is 0 Å². The summed E-state index contributed by atoms with van der Waals surface area (Å²) in [4.78, 5) is 8.75. The molecule has 1 aromatic heterocycles. The molecule has 0 spiro atoms. The third kappa shape index (κ3) is 5.87. The van der Waals surface area contributed by atoms with Gasteiger partial charge in [-0.2, -0.15) is 16.7 Å². The van der Waals surface area contributed by atoms with Crippen LogP contribution in [0.1, 0.15) is 38.5 Å². The summed E-state index contributed by atoms with van der Waals surface area (Å²) in [6, 6.07) is 7.86. The number of hydrogen-bond acceptors (Lipinski definition) is 5. The Morgan fingerprint density at radius 1 is 1.41 bits per heavy atom. The van der Waals surface area contributed by atoms with Crippen LogP contribution in [0.5, 0.6) is 0 Å². The van der Waals surface area contributed by atoms with Crippen molar-refractivity contribution >= 4 is 29.3 Å². The zero-order valence-corrected chi connectivity index (χ0v) is 17.3. The van der Waals surface area contributed by atoms with Gasteiger partial charge in [-0.3, -0.25) is 4.99 Å². The minimum Gasteiger partial charge on any atom is -0.354 e. The van der Waals surface area contributed by atoms with Crippen molar-refractivity contribution in [2.24, 2.45) is 4.99 Å². The van der Waals surface area contributed by atoms with Crippen molar-refractivity contribution in [1.82, 2.24) is 20.8 Å². The molecule has 8 heteroatoms. The maximum Gasteiger partial charge on any atom is 0.246 e. The van der Waals surface area contributed by atoms with Crippen LogP contribution in [0.25, 0.3) is 11.4 Å². The summed E-state index contributed by atoms with van der Waals surface area (Å²) in [7, 11) is 1.78. The Kier molecular flexibility index (Phi) is 7.41. The normalized spacial score (nSPS) is 20.5. The minimum atomic E-state index is 0.424. The molecule has 0 aliphatic heterocycles. The van der Waals surface area contributed by atoms with Crippen LogP contribution < -0.4 is 10.6 Å². The second kappa shape index (κ2) is 9.99. The van der Waals surface area contributed by atoms with Crippen LogP contribution in [0.2, 0.25) is 5.02 Å². The van der Waals surface area contributed by atoms with E-state index >= 15 is 0 Å². The fourth-order valence-electron chi connectivity index (χ4n) is 3.28. The topological polar surface area (TPSA) is 75.3 Å². The average Bonchev–Trinajstić information content (AvgIpc) is 3.15. The number of hydrogen-bond donors (Lipinski definition) is 2. The molecule has 1 heterocycles. The third-order valence-corrected chi connectivity index (χ3v) is 6.02. The molecule has 2 aromatic rings. The Morgan fingerprint density at radius 3 is 3.07 bits per heavy atom. The number of nitrogens with zero attached hydrogens (tertiary/aromatic N) is 3. The lowest BCUT2D eigenvalue weighted by atomic mass is 9.95. The van der Waals surface area contributed by atoms with Crippen molar-refractivity contribution in [2.75, 3.05) is 12.8 Å². The summed E-state index contributed by atoms with van der Waals surface area (Å²) < 4.78 is 5.34. The molecule has 27 heavy (non-hydrogen) atoms. The molecular formula is C19H26ClN5OS. The van der Waals surface area contributed by atoms with E-state index in [0.717, 1.165) is 16.8 Å². The summed E-state index contributed by atoms with van der Waals surface area (Å²) in [5, 5.41) is 12.2. The molecule has 0 radical (unpaired) electrons. The van der Waals surface area contributed by atoms with Gasteiger partial charge in [0.25, 0.3) is 0 Å². The Labute approximate surface area is 169 Å². The van der Waals surface area contributed by atoms with Gasteiger partial charge in [0.05, 0.1) is 6.54 Å². The minimum absolute atomic E-state index is 0.424. The number of benzene rings is 1. The fourth-order valence-corrected chi connectivity index (χ4v) is 4.65. The van der Waals surface area contributed by atoms with E-state index in [9.17, 15) is 0 Å². The predicted octanol–water partition coefficient (Wildman–Crippen LogP) is 4.12. The van der Waals surface area contributed by atoms with Crippen molar-refractivity contribution < 1.29 is 4.52 Å². The highest BCUT2D eigenvalue weighted by Crippen LogP contribution is 2.28. The van der Waals surface area contributed by atoms with E-state index in [-0.39, 0.29) is 0 Å². The summed E-state index contributed by atoms with van der Waals surface area (Å²) in [5.41, 5.74) is 0.835. The quantitative estimate of drug-likeness (QED) is 0.554. The molecule has 1 aromatic carbocycles. The number of halogens is 1. The van der Waals surface area contributed by atoms with Crippen LogP contribution in [0, 0.1) is 0 Å². The van der Waals surface area contributed by atoms with Crippen LogP contribution in [-0.2, 0) is 6.54 Å². The molecule has 1 saturated carbocycles. The van der Waals surface area contributed by atoms with Gasteiger partial charge in [0, 0.05) is 28.9 Å². The average molecular weight is 408 g/mol. The molecular weight excluding hydrogens is 382 g/mol. The van der Waals surface area contributed by atoms with E-state index in [4.69, 9.17) is 16.1 Å². The first-order chi connectivity index (χ1) is 13.2. The maximum atomic E-state index is 6.02. The molecule has 1 aliphatic rings. The third-order valence-electron chi connectivity index (χ3n) is 4.55. The fraction of sp³-hybridized carbons (Fsp3) is 0.526. The van der Waals surface area contributed by atoms with E-state index in [1.807, 2.05) is 24.3 Å². The number of rotatable bonds is 6. The molecule has 3 rings (SSSR count). The standard InChI is InChI=1S/C19H26ClN5OS/c1-3-27-16-9-5-8-15(11-16)23-19(21-2)22-12-17-24-18(25-26-17)13-6-4-7-14(20)10-13/h4,6-7,10,15-16H,3,5,8-9,11-12H2,1-2H3,(H2,21,22,23). The van der Waals surface area contributed by atoms with Gasteiger partial charge < -0.3 is 15.2 Å². The summed E-state index contributed by atoms with van der Waals surface area (Å²) in [6.07, 6.45) is 4.94. The lowest BCUT2D eigenvalue weighted by Crippen LogP contribution is -2.45. The number of aliphatic imine (C=N–C) groups is 1. The number of nitrogens with one attached hydrogen (secondary N) is 2. The van der Waals surface area contributed by atoms with Crippen LogP contribution in [-0.4, -0.2) is 40.2 Å². The largest absolute Gasteiger partial charge is 0.354 e. The van der Waals surface area contributed by atoms with Crippen LogP contribution >= 0.6 is 23.4 Å². The van der Waals surface area contributed by atoms with Gasteiger partial charge in [0.1, 0.15) is 0 Å². The zero-order chi connectivity index (χ0) is 19.1. The lowest BCUT2D eigenvalue weighted by Gasteiger charge is -2.30. The SMILES string of the molecule is CCSC1CCCC(NC(=NC)NCc2nc(-c3cccc(Cl)c3)no2)C1. The Hall–Kier alpha value is -1.73. The van der Waals surface area contributed by atoms with Gasteiger partial charge in [-0.25, -0.2) is 0 Å². The van der Waals surface area contributed by atoms with Gasteiger partial charge in [0.15, 0.2) is 5.96 Å². The predicted molar refractivity (Wildman–Crippen MR) is 112 cm³/mol. The van der Waals surface area contributed by atoms with E-state index in [0.29, 0.717) is 29.3 Å². The Bertz CT molecular complexity index is 764. The van der Waals surface area contributed by atoms with Gasteiger partial charge in [-0.05, 0) is 37.1 Å². The lowest BCUT2D eigenvalue weighted by molar-refractivity contribution is 0.373. The zero-order valence-electron chi connectivity index (χ0n) is 15.7. The maximum absolute atomic E-state index is 6.02.